The van der Waals surface area contributed by atoms with E-state index in [4.69, 9.17) is 23.4 Å². The minimum atomic E-state index is -0.656. The third kappa shape index (κ3) is 9.26. The topological polar surface area (TPSA) is 117 Å². The average molecular weight is 631 g/mol. The minimum Gasteiger partial charge on any atom is -0.489 e. The molecule has 244 valence electrons. The Morgan fingerprint density at radius 2 is 1.61 bits per heavy atom. The highest BCUT2D eigenvalue weighted by Crippen LogP contribution is 2.33. The Hall–Kier alpha value is -4.99. The van der Waals surface area contributed by atoms with Crippen molar-refractivity contribution in [3.05, 3.63) is 83.6 Å². The van der Waals surface area contributed by atoms with Crippen LogP contribution in [-0.4, -0.2) is 43.5 Å². The number of hydrogen-bond acceptors (Lipinski definition) is 8. The molecule has 10 heteroatoms. The maximum Gasteiger partial charge on any atom is 0.414 e. The normalized spacial score (nSPS) is 11.6. The van der Waals surface area contributed by atoms with Crippen molar-refractivity contribution in [2.24, 2.45) is 0 Å². The molecule has 0 bridgehead atoms. The number of furan rings is 1. The molecule has 0 radical (unpaired) electrons. The predicted octanol–water partition coefficient (Wildman–Crippen LogP) is 7.79. The third-order valence-electron chi connectivity index (χ3n) is 6.74. The molecule has 0 saturated carbocycles. The number of fused-ring (bicyclic) bond motifs is 1. The SMILES string of the molecule is COC(=O)Cc1cc(N(C)C(=O)OC(C)(C)C)ccc1OCc1cc(-c2cccc(CNC(=O)OC(C)(C)C)c2)c2occc2c1. The lowest BCUT2D eigenvalue weighted by molar-refractivity contribution is -0.139. The standard InChI is InChI=1S/C36H42N2O8/c1-35(2,3)45-33(40)37-21-23-10-9-11-25(16-23)29-18-24(17-26-14-15-43-32(26)29)22-44-30-13-12-28(19-27(30)20-31(39)42-8)38(7)34(41)46-36(4,5)6/h9-19H,20-22H2,1-8H3,(H,37,40). The highest BCUT2D eigenvalue weighted by Gasteiger charge is 2.22. The van der Waals surface area contributed by atoms with E-state index in [1.54, 1.807) is 52.3 Å². The number of amides is 2. The van der Waals surface area contributed by atoms with E-state index in [0.29, 0.717) is 23.5 Å². The van der Waals surface area contributed by atoms with Crippen molar-refractivity contribution < 1.29 is 37.7 Å². The summed E-state index contributed by atoms with van der Waals surface area (Å²) in [5.41, 5.74) is 4.14. The van der Waals surface area contributed by atoms with Gasteiger partial charge < -0.3 is 28.7 Å². The fourth-order valence-electron chi connectivity index (χ4n) is 4.66. The van der Waals surface area contributed by atoms with Crippen molar-refractivity contribution in [3.8, 4) is 16.9 Å². The zero-order valence-corrected chi connectivity index (χ0v) is 27.7. The number of rotatable bonds is 9. The van der Waals surface area contributed by atoms with Gasteiger partial charge in [-0.3, -0.25) is 9.69 Å². The van der Waals surface area contributed by atoms with E-state index in [-0.39, 0.29) is 13.0 Å². The number of nitrogens with zero attached hydrogens (tertiary/aromatic N) is 1. The van der Waals surface area contributed by atoms with E-state index in [1.807, 2.05) is 63.2 Å². The Morgan fingerprint density at radius 3 is 2.30 bits per heavy atom. The van der Waals surface area contributed by atoms with Gasteiger partial charge in [0, 0.05) is 35.8 Å². The zero-order valence-electron chi connectivity index (χ0n) is 27.7. The monoisotopic (exact) mass is 630 g/mol. The van der Waals surface area contributed by atoms with Gasteiger partial charge in [-0.05, 0) is 101 Å². The number of benzene rings is 3. The number of ether oxygens (including phenoxy) is 4. The highest BCUT2D eigenvalue weighted by molar-refractivity contribution is 5.93. The molecule has 0 spiro atoms. The zero-order chi connectivity index (χ0) is 33.6. The van der Waals surface area contributed by atoms with Gasteiger partial charge in [-0.25, -0.2) is 9.59 Å². The summed E-state index contributed by atoms with van der Waals surface area (Å²) in [6.45, 7) is 11.3. The summed E-state index contributed by atoms with van der Waals surface area (Å²) < 4.78 is 27.9. The van der Waals surface area contributed by atoms with Crippen LogP contribution < -0.4 is 15.0 Å². The van der Waals surface area contributed by atoms with Crippen LogP contribution in [0.15, 0.2) is 71.3 Å². The van der Waals surface area contributed by atoms with Crippen LogP contribution in [0.1, 0.15) is 58.2 Å². The Labute approximate surface area is 269 Å². The minimum absolute atomic E-state index is 0.0437. The maximum absolute atomic E-state index is 12.7. The summed E-state index contributed by atoms with van der Waals surface area (Å²) in [4.78, 5) is 38.5. The number of anilines is 1. The van der Waals surface area contributed by atoms with Crippen LogP contribution in [0.4, 0.5) is 15.3 Å². The Bertz CT molecular complexity index is 1710. The number of alkyl carbamates (subject to hydrolysis) is 1. The molecule has 0 aliphatic carbocycles. The number of methoxy groups -OCH3 is 1. The summed E-state index contributed by atoms with van der Waals surface area (Å²) in [5.74, 6) is 0.0425. The van der Waals surface area contributed by atoms with Gasteiger partial charge in [0.1, 0.15) is 29.1 Å². The van der Waals surface area contributed by atoms with Crippen LogP contribution >= 0.6 is 0 Å². The fourth-order valence-corrected chi connectivity index (χ4v) is 4.66. The van der Waals surface area contributed by atoms with Gasteiger partial charge >= 0.3 is 18.2 Å². The summed E-state index contributed by atoms with van der Waals surface area (Å²) in [6, 6.07) is 18.9. The third-order valence-corrected chi connectivity index (χ3v) is 6.74. The van der Waals surface area contributed by atoms with E-state index in [9.17, 15) is 14.4 Å². The second-order valence-electron chi connectivity index (χ2n) is 12.9. The molecule has 46 heavy (non-hydrogen) atoms. The first-order valence-electron chi connectivity index (χ1n) is 15.0. The summed E-state index contributed by atoms with van der Waals surface area (Å²) in [5, 5.41) is 3.70. The summed E-state index contributed by atoms with van der Waals surface area (Å²) in [7, 11) is 2.93. The van der Waals surface area contributed by atoms with E-state index < -0.39 is 29.4 Å². The van der Waals surface area contributed by atoms with Crippen LogP contribution in [0.2, 0.25) is 0 Å². The Morgan fingerprint density at radius 1 is 0.870 bits per heavy atom. The number of carbonyl (C=O) groups is 3. The molecule has 0 aliphatic rings. The van der Waals surface area contributed by atoms with Gasteiger partial charge in [0.2, 0.25) is 0 Å². The molecule has 4 aromatic rings. The van der Waals surface area contributed by atoms with Crippen molar-refractivity contribution in [1.82, 2.24) is 5.32 Å². The molecule has 4 rings (SSSR count). The van der Waals surface area contributed by atoms with Crippen molar-refractivity contribution in [2.45, 2.75) is 72.3 Å². The molecule has 2 amide bonds. The summed E-state index contributed by atoms with van der Waals surface area (Å²) in [6.07, 6.45) is 0.594. The molecule has 10 nitrogen and oxygen atoms in total. The molecular formula is C36H42N2O8. The molecule has 1 heterocycles. The molecule has 3 aromatic carbocycles. The predicted molar refractivity (Wildman–Crippen MR) is 176 cm³/mol. The van der Waals surface area contributed by atoms with Gasteiger partial charge in [-0.15, -0.1) is 0 Å². The van der Waals surface area contributed by atoms with Gasteiger partial charge in [0.25, 0.3) is 0 Å². The quantitative estimate of drug-likeness (QED) is 0.147. The molecule has 0 aliphatic heterocycles. The van der Waals surface area contributed by atoms with Crippen molar-refractivity contribution in [3.63, 3.8) is 0 Å². The average Bonchev–Trinajstić information content (AvgIpc) is 3.45. The Kier molecular flexibility index (Phi) is 10.3. The van der Waals surface area contributed by atoms with E-state index in [1.165, 1.54) is 12.0 Å². The van der Waals surface area contributed by atoms with Gasteiger partial charge in [-0.2, -0.15) is 0 Å². The van der Waals surface area contributed by atoms with Crippen LogP contribution in [0.5, 0.6) is 5.75 Å². The summed E-state index contributed by atoms with van der Waals surface area (Å²) >= 11 is 0. The fraction of sp³-hybridized carbons (Fsp3) is 0.361. The highest BCUT2D eigenvalue weighted by atomic mass is 16.6. The second-order valence-corrected chi connectivity index (χ2v) is 12.9. The van der Waals surface area contributed by atoms with Gasteiger partial charge in [-0.1, -0.05) is 18.2 Å². The van der Waals surface area contributed by atoms with Crippen LogP contribution in [-0.2, 0) is 38.6 Å². The molecule has 0 atom stereocenters. The number of nitrogens with one attached hydrogen (secondary N) is 1. The largest absolute Gasteiger partial charge is 0.489 e. The molecule has 1 aromatic heterocycles. The molecule has 0 fully saturated rings. The number of hydrogen-bond donors (Lipinski definition) is 1. The number of esters is 1. The van der Waals surface area contributed by atoms with E-state index >= 15 is 0 Å². The van der Waals surface area contributed by atoms with Gasteiger partial charge in [0.05, 0.1) is 19.8 Å². The first-order valence-corrected chi connectivity index (χ1v) is 15.0. The first kappa shape index (κ1) is 33.9. The lowest BCUT2D eigenvalue weighted by Crippen LogP contribution is -2.34. The maximum atomic E-state index is 12.7. The lowest BCUT2D eigenvalue weighted by atomic mass is 9.99. The molecule has 0 unspecified atom stereocenters. The molecule has 0 saturated heterocycles. The van der Waals surface area contributed by atoms with Gasteiger partial charge in [0.15, 0.2) is 0 Å². The van der Waals surface area contributed by atoms with Crippen molar-refractivity contribution in [2.75, 3.05) is 19.1 Å². The van der Waals surface area contributed by atoms with Crippen LogP contribution in [0, 0.1) is 0 Å². The van der Waals surface area contributed by atoms with Crippen molar-refractivity contribution in [1.29, 1.82) is 0 Å². The molecule has 1 N–H and O–H groups in total. The van der Waals surface area contributed by atoms with E-state index in [2.05, 4.69) is 5.32 Å². The van der Waals surface area contributed by atoms with Crippen LogP contribution in [0.25, 0.3) is 22.1 Å². The smallest absolute Gasteiger partial charge is 0.414 e. The second kappa shape index (κ2) is 14.0. The Balaban J connectivity index is 1.57. The molecular weight excluding hydrogens is 588 g/mol. The van der Waals surface area contributed by atoms with Crippen LogP contribution in [0.3, 0.4) is 0 Å². The lowest BCUT2D eigenvalue weighted by Gasteiger charge is -2.25. The first-order chi connectivity index (χ1) is 21.6. The van der Waals surface area contributed by atoms with E-state index in [0.717, 1.165) is 33.2 Å². The number of carbonyl (C=O) groups excluding carboxylic acids is 3. The van der Waals surface area contributed by atoms with Crippen molar-refractivity contribution >= 4 is 34.8 Å².